The van der Waals surface area contributed by atoms with Gasteiger partial charge in [-0.05, 0) is 19.1 Å². The summed E-state index contributed by atoms with van der Waals surface area (Å²) in [5.74, 6) is 0.226. The van der Waals surface area contributed by atoms with Crippen LogP contribution in [0.3, 0.4) is 0 Å². The second-order valence-corrected chi connectivity index (χ2v) is 3.39. The van der Waals surface area contributed by atoms with Crippen molar-refractivity contribution in [1.82, 2.24) is 0 Å². The SMILES string of the molecule is CCN(CCO)c1cccc(OC)c1[N+](=O)[O-]. The molecule has 0 heterocycles. The molecule has 0 aromatic heterocycles. The molecule has 1 aromatic carbocycles. The zero-order valence-corrected chi connectivity index (χ0v) is 9.92. The Bertz CT molecular complexity index is 395. The van der Waals surface area contributed by atoms with Gasteiger partial charge in [0.05, 0.1) is 18.6 Å². The van der Waals surface area contributed by atoms with Crippen LogP contribution in [0.5, 0.6) is 5.75 Å². The number of anilines is 1. The lowest BCUT2D eigenvalue weighted by Gasteiger charge is -2.22. The summed E-state index contributed by atoms with van der Waals surface area (Å²) < 4.78 is 4.99. The molecule has 0 aliphatic rings. The molecule has 0 bridgehead atoms. The molecule has 17 heavy (non-hydrogen) atoms. The number of hydrogen-bond acceptors (Lipinski definition) is 5. The fourth-order valence-electron chi connectivity index (χ4n) is 1.68. The smallest absolute Gasteiger partial charge is 0.333 e. The molecule has 0 saturated heterocycles. The molecule has 0 fully saturated rings. The fourth-order valence-corrected chi connectivity index (χ4v) is 1.68. The quantitative estimate of drug-likeness (QED) is 0.601. The lowest BCUT2D eigenvalue weighted by molar-refractivity contribution is -0.385. The minimum absolute atomic E-state index is 0.0534. The van der Waals surface area contributed by atoms with Crippen LogP contribution in [-0.4, -0.2) is 36.8 Å². The minimum Gasteiger partial charge on any atom is -0.490 e. The summed E-state index contributed by atoms with van der Waals surface area (Å²) >= 11 is 0. The van der Waals surface area contributed by atoms with Crippen LogP contribution < -0.4 is 9.64 Å². The molecule has 0 atom stereocenters. The van der Waals surface area contributed by atoms with Gasteiger partial charge < -0.3 is 14.7 Å². The molecular formula is C11H16N2O4. The van der Waals surface area contributed by atoms with E-state index in [9.17, 15) is 10.1 Å². The van der Waals surface area contributed by atoms with E-state index in [2.05, 4.69) is 0 Å². The normalized spacial score (nSPS) is 10.1. The van der Waals surface area contributed by atoms with Crippen molar-refractivity contribution in [3.8, 4) is 5.75 Å². The Hall–Kier alpha value is -1.82. The molecule has 0 unspecified atom stereocenters. The number of nitrogens with zero attached hydrogens (tertiary/aromatic N) is 2. The molecule has 94 valence electrons. The molecule has 0 radical (unpaired) electrons. The van der Waals surface area contributed by atoms with Crippen LogP contribution in [0.1, 0.15) is 6.92 Å². The Morgan fingerprint density at radius 1 is 1.53 bits per heavy atom. The molecule has 0 amide bonds. The van der Waals surface area contributed by atoms with Gasteiger partial charge in [-0.15, -0.1) is 0 Å². The number of ether oxygens (including phenoxy) is 1. The average molecular weight is 240 g/mol. The molecule has 0 spiro atoms. The Balaban J connectivity index is 3.25. The van der Waals surface area contributed by atoms with Gasteiger partial charge in [0.25, 0.3) is 0 Å². The van der Waals surface area contributed by atoms with Crippen LogP contribution in [0.4, 0.5) is 11.4 Å². The maximum absolute atomic E-state index is 11.1. The highest BCUT2D eigenvalue weighted by atomic mass is 16.6. The lowest BCUT2D eigenvalue weighted by Crippen LogP contribution is -2.26. The van der Waals surface area contributed by atoms with Crippen molar-refractivity contribution in [3.05, 3.63) is 28.3 Å². The van der Waals surface area contributed by atoms with E-state index in [1.807, 2.05) is 6.92 Å². The Kier molecular flexibility index (Phi) is 4.71. The second-order valence-electron chi connectivity index (χ2n) is 3.39. The first-order valence-electron chi connectivity index (χ1n) is 5.32. The van der Waals surface area contributed by atoms with Crippen LogP contribution in [0.25, 0.3) is 0 Å². The van der Waals surface area contributed by atoms with E-state index in [0.717, 1.165) is 0 Å². The summed E-state index contributed by atoms with van der Waals surface area (Å²) in [5.41, 5.74) is 0.399. The van der Waals surface area contributed by atoms with E-state index in [0.29, 0.717) is 18.8 Å². The van der Waals surface area contributed by atoms with E-state index in [-0.39, 0.29) is 18.0 Å². The number of likely N-dealkylation sites (N-methyl/N-ethyl adjacent to an activating group) is 1. The predicted molar refractivity (Wildman–Crippen MR) is 64.6 cm³/mol. The Morgan fingerprint density at radius 2 is 2.24 bits per heavy atom. The molecular weight excluding hydrogens is 224 g/mol. The summed E-state index contributed by atoms with van der Waals surface area (Å²) in [6.45, 7) is 2.75. The van der Waals surface area contributed by atoms with Gasteiger partial charge in [0.15, 0.2) is 5.75 Å². The first-order chi connectivity index (χ1) is 8.15. The second kappa shape index (κ2) is 6.05. The number of aliphatic hydroxyl groups excluding tert-OH is 1. The zero-order valence-electron chi connectivity index (χ0n) is 9.92. The van der Waals surface area contributed by atoms with Crippen molar-refractivity contribution in [2.75, 3.05) is 31.7 Å². The third kappa shape index (κ3) is 2.85. The van der Waals surface area contributed by atoms with E-state index in [1.54, 1.807) is 23.1 Å². The maximum Gasteiger partial charge on any atom is 0.333 e. The highest BCUT2D eigenvalue weighted by molar-refractivity contribution is 5.69. The number of aliphatic hydroxyl groups is 1. The van der Waals surface area contributed by atoms with Gasteiger partial charge in [-0.2, -0.15) is 0 Å². The number of methoxy groups -OCH3 is 1. The first-order valence-corrected chi connectivity index (χ1v) is 5.32. The highest BCUT2D eigenvalue weighted by Crippen LogP contribution is 2.36. The van der Waals surface area contributed by atoms with Crippen molar-refractivity contribution < 1.29 is 14.8 Å². The van der Waals surface area contributed by atoms with Gasteiger partial charge in [0.2, 0.25) is 0 Å². The third-order valence-electron chi connectivity index (χ3n) is 2.47. The molecule has 6 nitrogen and oxygen atoms in total. The van der Waals surface area contributed by atoms with Crippen LogP contribution in [0.15, 0.2) is 18.2 Å². The summed E-state index contributed by atoms with van der Waals surface area (Å²) in [6, 6.07) is 4.90. The molecule has 1 N–H and O–H groups in total. The van der Waals surface area contributed by atoms with Gasteiger partial charge in [-0.25, -0.2) is 0 Å². The summed E-state index contributed by atoms with van der Waals surface area (Å²) in [6.07, 6.45) is 0. The molecule has 6 heteroatoms. The topological polar surface area (TPSA) is 75.8 Å². The summed E-state index contributed by atoms with van der Waals surface area (Å²) in [7, 11) is 1.40. The number of rotatable bonds is 6. The Morgan fingerprint density at radius 3 is 2.71 bits per heavy atom. The van der Waals surface area contributed by atoms with Gasteiger partial charge >= 0.3 is 5.69 Å². The summed E-state index contributed by atoms with van der Waals surface area (Å²) in [4.78, 5) is 12.3. The molecule has 1 rings (SSSR count). The van der Waals surface area contributed by atoms with Gasteiger partial charge in [-0.1, -0.05) is 6.07 Å². The molecule has 1 aromatic rings. The number of nitro groups is 1. The highest BCUT2D eigenvalue weighted by Gasteiger charge is 2.23. The van der Waals surface area contributed by atoms with Crippen LogP contribution in [0, 0.1) is 10.1 Å². The van der Waals surface area contributed by atoms with Crippen LogP contribution in [-0.2, 0) is 0 Å². The first kappa shape index (κ1) is 13.2. The lowest BCUT2D eigenvalue weighted by atomic mass is 10.2. The standard InChI is InChI=1S/C11H16N2O4/c1-3-12(7-8-14)9-5-4-6-10(17-2)11(9)13(15)16/h4-6,14H,3,7-8H2,1-2H3. The third-order valence-corrected chi connectivity index (χ3v) is 2.47. The van der Waals surface area contributed by atoms with E-state index in [1.165, 1.54) is 7.11 Å². The molecule has 0 aliphatic heterocycles. The minimum atomic E-state index is -0.464. The average Bonchev–Trinajstić information content (AvgIpc) is 2.34. The maximum atomic E-state index is 11.1. The molecule has 0 saturated carbocycles. The molecule has 0 aliphatic carbocycles. The van der Waals surface area contributed by atoms with Crippen molar-refractivity contribution in [2.45, 2.75) is 6.92 Å². The van der Waals surface area contributed by atoms with Crippen molar-refractivity contribution in [3.63, 3.8) is 0 Å². The van der Waals surface area contributed by atoms with Crippen molar-refractivity contribution in [1.29, 1.82) is 0 Å². The van der Waals surface area contributed by atoms with Gasteiger partial charge in [0.1, 0.15) is 5.69 Å². The largest absolute Gasteiger partial charge is 0.490 e. The van der Waals surface area contributed by atoms with E-state index in [4.69, 9.17) is 9.84 Å². The van der Waals surface area contributed by atoms with E-state index < -0.39 is 4.92 Å². The number of nitro benzene ring substituents is 1. The summed E-state index contributed by atoms with van der Waals surface area (Å²) in [5, 5.41) is 20.0. The number of benzene rings is 1. The predicted octanol–water partition coefficient (Wildman–Crippen LogP) is 1.42. The van der Waals surface area contributed by atoms with Gasteiger partial charge in [0, 0.05) is 13.1 Å². The fraction of sp³-hybridized carbons (Fsp3) is 0.455. The van der Waals surface area contributed by atoms with E-state index >= 15 is 0 Å². The zero-order chi connectivity index (χ0) is 12.8. The van der Waals surface area contributed by atoms with Gasteiger partial charge in [-0.3, -0.25) is 10.1 Å². The Labute approximate surface area is 99.6 Å². The number of para-hydroxylation sites is 1. The van der Waals surface area contributed by atoms with Crippen LogP contribution >= 0.6 is 0 Å². The van der Waals surface area contributed by atoms with Crippen molar-refractivity contribution in [2.24, 2.45) is 0 Å². The number of hydrogen-bond donors (Lipinski definition) is 1. The van der Waals surface area contributed by atoms with Crippen molar-refractivity contribution >= 4 is 11.4 Å². The van der Waals surface area contributed by atoms with Crippen LogP contribution in [0.2, 0.25) is 0 Å². The monoisotopic (exact) mass is 240 g/mol.